The van der Waals surface area contributed by atoms with Crippen LogP contribution < -0.4 is 5.32 Å². The first-order chi connectivity index (χ1) is 21.2. The van der Waals surface area contributed by atoms with Gasteiger partial charge in [0.05, 0.1) is 22.6 Å². The predicted octanol–water partition coefficient (Wildman–Crippen LogP) is 7.44. The van der Waals surface area contributed by atoms with Crippen molar-refractivity contribution in [2.24, 2.45) is 7.05 Å². The summed E-state index contributed by atoms with van der Waals surface area (Å²) in [4.78, 5) is 23.6. The molecular formula is C36H40N6O2. The van der Waals surface area contributed by atoms with E-state index in [0.717, 1.165) is 83.7 Å². The van der Waals surface area contributed by atoms with E-state index in [4.69, 9.17) is 10.1 Å². The number of rotatable bonds is 8. The second-order valence-corrected chi connectivity index (χ2v) is 12.1. The van der Waals surface area contributed by atoms with Gasteiger partial charge < -0.3 is 15.3 Å². The van der Waals surface area contributed by atoms with Gasteiger partial charge >= 0.3 is 5.97 Å². The van der Waals surface area contributed by atoms with Crippen molar-refractivity contribution in [3.05, 3.63) is 94.5 Å². The zero-order chi connectivity index (χ0) is 31.0. The first-order valence-corrected chi connectivity index (χ1v) is 15.5. The van der Waals surface area contributed by atoms with Crippen LogP contribution in [0.2, 0.25) is 0 Å². The van der Waals surface area contributed by atoms with Crippen LogP contribution in [-0.4, -0.2) is 48.3 Å². The first kappa shape index (κ1) is 29.4. The molecule has 226 valence electrons. The number of allylic oxidation sites excluding steroid dienone is 2. The van der Waals surface area contributed by atoms with E-state index in [1.54, 1.807) is 18.2 Å². The van der Waals surface area contributed by atoms with E-state index < -0.39 is 5.97 Å². The zero-order valence-electron chi connectivity index (χ0n) is 26.2. The average molecular weight is 589 g/mol. The molecule has 2 N–H and O–H groups in total. The number of hydrogen-bond acceptors (Lipinski definition) is 6. The largest absolute Gasteiger partial charge is 0.478 e. The van der Waals surface area contributed by atoms with E-state index in [9.17, 15) is 9.90 Å². The molecule has 3 heterocycles. The van der Waals surface area contributed by atoms with Gasteiger partial charge in [-0.1, -0.05) is 49.3 Å². The molecule has 2 aromatic heterocycles. The van der Waals surface area contributed by atoms with Crippen molar-refractivity contribution in [1.29, 1.82) is 0 Å². The fraction of sp³-hybridized carbons (Fsp3) is 0.333. The molecule has 0 radical (unpaired) electrons. The lowest BCUT2D eigenvalue weighted by molar-refractivity contribution is 0.0696. The Bertz CT molecular complexity index is 1780. The van der Waals surface area contributed by atoms with Gasteiger partial charge in [0.15, 0.2) is 0 Å². The molecule has 1 aliphatic heterocycles. The van der Waals surface area contributed by atoms with Crippen LogP contribution in [0.5, 0.6) is 0 Å². The number of aromatic carboxylic acids is 1. The summed E-state index contributed by atoms with van der Waals surface area (Å²) in [5.74, 6) is -0.446. The smallest absolute Gasteiger partial charge is 0.335 e. The summed E-state index contributed by atoms with van der Waals surface area (Å²) < 4.78 is 1.98. The molecule has 0 fully saturated rings. The molecule has 0 atom stereocenters. The van der Waals surface area contributed by atoms with Crippen molar-refractivity contribution >= 4 is 23.2 Å². The van der Waals surface area contributed by atoms with Crippen LogP contribution in [0.1, 0.15) is 73.3 Å². The maximum Gasteiger partial charge on any atom is 0.335 e. The van der Waals surface area contributed by atoms with Gasteiger partial charge in [0.2, 0.25) is 5.95 Å². The topological polar surface area (TPSA) is 96.2 Å². The fourth-order valence-corrected chi connectivity index (χ4v) is 6.21. The van der Waals surface area contributed by atoms with E-state index in [-0.39, 0.29) is 5.56 Å². The normalized spacial score (nSPS) is 14.5. The Hall–Kier alpha value is -4.72. The van der Waals surface area contributed by atoms with E-state index in [1.165, 1.54) is 16.7 Å². The van der Waals surface area contributed by atoms with Crippen LogP contribution in [0.4, 0.5) is 11.6 Å². The first-order valence-electron chi connectivity index (χ1n) is 15.5. The maximum atomic E-state index is 11.6. The second kappa shape index (κ2) is 12.1. The molecule has 0 saturated carbocycles. The molecule has 0 saturated heterocycles. The Morgan fingerprint density at radius 3 is 2.57 bits per heavy atom. The standard InChI is InChI=1S/C36H40N6O2/c1-6-7-26-19-27(35(43)44)12-14-30(26)38-36-37-20-28-13-15-31-32(33(28)39-36)34(41(5)40-31)25-10-8-24(9-11-25)29-18-23(4)16-17-42(21-29)22(2)3/h8-12,14,18-22H,6-7,13,15-17H2,1-5H3,(H,43,44)(H,37,38,39). The minimum Gasteiger partial charge on any atom is -0.478 e. The monoisotopic (exact) mass is 588 g/mol. The third-order valence-corrected chi connectivity index (χ3v) is 8.60. The summed E-state index contributed by atoms with van der Waals surface area (Å²) in [5.41, 5.74) is 12.1. The number of fused-ring (bicyclic) bond motifs is 3. The van der Waals surface area contributed by atoms with E-state index in [2.05, 4.69) is 79.4 Å². The van der Waals surface area contributed by atoms with Crippen LogP contribution >= 0.6 is 0 Å². The van der Waals surface area contributed by atoms with Gasteiger partial charge in [-0.2, -0.15) is 5.10 Å². The Kier molecular flexibility index (Phi) is 8.08. The Morgan fingerprint density at radius 1 is 1.07 bits per heavy atom. The average Bonchev–Trinajstić information content (AvgIpc) is 3.22. The van der Waals surface area contributed by atoms with Crippen molar-refractivity contribution in [3.8, 4) is 22.5 Å². The summed E-state index contributed by atoms with van der Waals surface area (Å²) in [6.07, 6.45) is 10.9. The van der Waals surface area contributed by atoms with Crippen LogP contribution in [-0.2, 0) is 26.3 Å². The van der Waals surface area contributed by atoms with Crippen molar-refractivity contribution in [2.75, 3.05) is 11.9 Å². The molecule has 6 rings (SSSR count). The van der Waals surface area contributed by atoms with Crippen molar-refractivity contribution in [1.82, 2.24) is 24.6 Å². The van der Waals surface area contributed by atoms with Crippen LogP contribution in [0.3, 0.4) is 0 Å². The van der Waals surface area contributed by atoms with Gasteiger partial charge in [-0.3, -0.25) is 4.68 Å². The number of aromatic nitrogens is 4. The molecule has 2 aromatic carbocycles. The number of carboxylic acids is 1. The number of aryl methyl sites for hydroxylation is 4. The number of hydrogen-bond donors (Lipinski definition) is 2. The highest BCUT2D eigenvalue weighted by Crippen LogP contribution is 2.40. The van der Waals surface area contributed by atoms with Crippen molar-refractivity contribution in [2.45, 2.75) is 65.8 Å². The highest BCUT2D eigenvalue weighted by molar-refractivity contribution is 5.89. The van der Waals surface area contributed by atoms with Gasteiger partial charge in [0.25, 0.3) is 0 Å². The SMILES string of the molecule is CCCc1cc(C(=O)O)ccc1Nc1ncc2c(n1)-c1c(nn(C)c1-c1ccc(C3=CN(C(C)C)CCC(C)=C3)cc1)CC2. The lowest BCUT2D eigenvalue weighted by Crippen LogP contribution is -2.26. The number of benzene rings is 2. The maximum absolute atomic E-state index is 11.6. The molecule has 0 spiro atoms. The van der Waals surface area contributed by atoms with Crippen LogP contribution in [0.25, 0.3) is 28.1 Å². The number of carboxylic acid groups (broad SMARTS) is 1. The molecule has 8 heteroatoms. The quantitative estimate of drug-likeness (QED) is 0.221. The Morgan fingerprint density at radius 2 is 1.84 bits per heavy atom. The molecule has 4 aromatic rings. The molecule has 44 heavy (non-hydrogen) atoms. The van der Waals surface area contributed by atoms with Crippen LogP contribution in [0.15, 0.2) is 66.5 Å². The molecular weight excluding hydrogens is 548 g/mol. The molecule has 0 unspecified atom stereocenters. The van der Waals surface area contributed by atoms with Gasteiger partial charge in [0, 0.05) is 48.8 Å². The van der Waals surface area contributed by atoms with Gasteiger partial charge in [-0.05, 0) is 86.9 Å². The summed E-state index contributed by atoms with van der Waals surface area (Å²) in [7, 11) is 2.00. The summed E-state index contributed by atoms with van der Waals surface area (Å²) >= 11 is 0. The number of anilines is 2. The highest BCUT2D eigenvalue weighted by atomic mass is 16.4. The third-order valence-electron chi connectivity index (χ3n) is 8.60. The summed E-state index contributed by atoms with van der Waals surface area (Å²) in [5, 5.41) is 17.8. The number of nitrogens with zero attached hydrogens (tertiary/aromatic N) is 5. The highest BCUT2D eigenvalue weighted by Gasteiger charge is 2.27. The lowest BCUT2D eigenvalue weighted by Gasteiger charge is -2.24. The van der Waals surface area contributed by atoms with Crippen molar-refractivity contribution < 1.29 is 9.90 Å². The number of carbonyl (C=O) groups is 1. The fourth-order valence-electron chi connectivity index (χ4n) is 6.21. The third kappa shape index (κ3) is 5.76. The minimum atomic E-state index is -0.932. The van der Waals surface area contributed by atoms with Crippen molar-refractivity contribution in [3.63, 3.8) is 0 Å². The second-order valence-electron chi connectivity index (χ2n) is 12.1. The minimum absolute atomic E-state index is 0.278. The van der Waals surface area contributed by atoms with E-state index in [0.29, 0.717) is 12.0 Å². The van der Waals surface area contributed by atoms with E-state index in [1.807, 2.05) is 17.9 Å². The van der Waals surface area contributed by atoms with Gasteiger partial charge in [-0.15, -0.1) is 0 Å². The predicted molar refractivity (Wildman–Crippen MR) is 176 cm³/mol. The Balaban J connectivity index is 1.36. The molecule has 1 aliphatic carbocycles. The summed E-state index contributed by atoms with van der Waals surface area (Å²) in [6, 6.07) is 14.4. The Labute approximate surface area is 259 Å². The molecule has 2 aliphatic rings. The molecule has 0 amide bonds. The van der Waals surface area contributed by atoms with Crippen LogP contribution in [0, 0.1) is 0 Å². The van der Waals surface area contributed by atoms with E-state index >= 15 is 0 Å². The van der Waals surface area contributed by atoms with Gasteiger partial charge in [-0.25, -0.2) is 14.8 Å². The zero-order valence-corrected chi connectivity index (χ0v) is 26.2. The molecule has 8 nitrogen and oxygen atoms in total. The lowest BCUT2D eigenvalue weighted by atomic mass is 9.91. The summed E-state index contributed by atoms with van der Waals surface area (Å²) in [6.45, 7) is 9.81. The molecule has 0 bridgehead atoms. The number of nitrogens with one attached hydrogen (secondary N) is 1. The van der Waals surface area contributed by atoms with Gasteiger partial charge in [0.1, 0.15) is 0 Å².